The summed E-state index contributed by atoms with van der Waals surface area (Å²) in [6.07, 6.45) is 0.975. The lowest BCUT2D eigenvalue weighted by molar-refractivity contribution is 0.308. The zero-order valence-corrected chi connectivity index (χ0v) is 13.2. The van der Waals surface area contributed by atoms with E-state index in [9.17, 15) is 0 Å². The third-order valence-corrected chi connectivity index (χ3v) is 11.7. The summed E-state index contributed by atoms with van der Waals surface area (Å²) in [5.41, 5.74) is 5.45. The molecule has 0 atom stereocenters. The second-order valence-electron chi connectivity index (χ2n) is 3.08. The van der Waals surface area contributed by atoms with Gasteiger partial charge in [0.25, 0.3) is 30.0 Å². The minimum Gasteiger partial charge on any atom is -0.425 e. The minimum absolute atomic E-state index is 0.703. The SMILES string of the molecule is C[Si]1(CCCN)O[SiH2]O[SiH2]O[SiH2]O1. The fraction of sp³-hybridized carbons (Fsp3) is 1.00. The molecule has 0 bridgehead atoms. The Labute approximate surface area is 86.7 Å². The van der Waals surface area contributed by atoms with Crippen LogP contribution in [0, 0.1) is 0 Å². The fourth-order valence-corrected chi connectivity index (χ4v) is 10.4. The Kier molecular flexibility index (Phi) is 5.61. The van der Waals surface area contributed by atoms with Gasteiger partial charge < -0.3 is 22.2 Å². The summed E-state index contributed by atoms with van der Waals surface area (Å²) in [4.78, 5) is 0. The molecule has 0 unspecified atom stereocenters. The monoisotopic (exact) mass is 255 g/mol. The minimum atomic E-state index is -1.92. The van der Waals surface area contributed by atoms with Crippen LogP contribution in [0.5, 0.6) is 0 Å². The van der Waals surface area contributed by atoms with Crippen molar-refractivity contribution in [1.29, 1.82) is 0 Å². The van der Waals surface area contributed by atoms with Crippen molar-refractivity contribution < 1.29 is 16.5 Å². The molecule has 1 rings (SSSR count). The van der Waals surface area contributed by atoms with E-state index in [0.717, 1.165) is 12.5 Å². The summed E-state index contributed by atoms with van der Waals surface area (Å²) < 4.78 is 22.2. The van der Waals surface area contributed by atoms with Gasteiger partial charge in [-0.2, -0.15) is 0 Å². The van der Waals surface area contributed by atoms with Gasteiger partial charge in [0, 0.05) is 0 Å². The molecule has 0 aromatic heterocycles. The lowest BCUT2D eigenvalue weighted by Crippen LogP contribution is -2.44. The predicted molar refractivity (Wildman–Crippen MR) is 60.1 cm³/mol. The molecule has 0 saturated carbocycles. The molecule has 2 N–H and O–H groups in total. The molecule has 0 aromatic carbocycles. The molecule has 0 aromatic rings. The molecular formula is C4H17NO4Si4. The lowest BCUT2D eigenvalue weighted by Gasteiger charge is -2.29. The zero-order valence-electron chi connectivity index (χ0n) is 7.95. The van der Waals surface area contributed by atoms with E-state index in [4.69, 9.17) is 22.2 Å². The van der Waals surface area contributed by atoms with Crippen LogP contribution in [0.3, 0.4) is 0 Å². The summed E-state index contributed by atoms with van der Waals surface area (Å²) in [5.74, 6) is 0. The van der Waals surface area contributed by atoms with Crippen LogP contribution in [0.25, 0.3) is 0 Å². The summed E-state index contributed by atoms with van der Waals surface area (Å²) >= 11 is 0. The third-order valence-electron chi connectivity index (χ3n) is 1.90. The highest BCUT2D eigenvalue weighted by Gasteiger charge is 2.31. The molecular weight excluding hydrogens is 238 g/mol. The Balaban J connectivity index is 2.32. The highest BCUT2D eigenvalue weighted by Crippen LogP contribution is 2.15. The largest absolute Gasteiger partial charge is 0.425 e. The van der Waals surface area contributed by atoms with E-state index < -0.39 is 38.6 Å². The van der Waals surface area contributed by atoms with Crippen molar-refractivity contribution in [3.63, 3.8) is 0 Å². The lowest BCUT2D eigenvalue weighted by atomic mass is 10.5. The molecule has 9 heteroatoms. The van der Waals surface area contributed by atoms with Gasteiger partial charge in [0.2, 0.25) is 0 Å². The maximum atomic E-state index is 5.74. The van der Waals surface area contributed by atoms with Crippen molar-refractivity contribution in [2.24, 2.45) is 5.73 Å². The van der Waals surface area contributed by atoms with E-state index >= 15 is 0 Å². The van der Waals surface area contributed by atoms with E-state index in [2.05, 4.69) is 6.55 Å². The van der Waals surface area contributed by atoms with Crippen LogP contribution < -0.4 is 5.73 Å². The van der Waals surface area contributed by atoms with Gasteiger partial charge >= 0.3 is 8.56 Å². The topological polar surface area (TPSA) is 62.9 Å². The first-order chi connectivity index (χ1) is 6.27. The van der Waals surface area contributed by atoms with E-state index in [1.54, 1.807) is 0 Å². The highest BCUT2D eigenvalue weighted by atomic mass is 28.5. The Hall–Kier alpha value is 0.668. The average molecular weight is 256 g/mol. The quantitative estimate of drug-likeness (QED) is 0.564. The maximum absolute atomic E-state index is 5.74. The molecule has 0 spiro atoms. The maximum Gasteiger partial charge on any atom is 0.316 e. The van der Waals surface area contributed by atoms with Gasteiger partial charge in [-0.05, 0) is 25.6 Å². The standard InChI is InChI=1S/C4H17NO4Si4/c1-13(4-2-3-5)8-11-6-10-7-12-9-13/h2-5,10-12H2,1H3. The summed E-state index contributed by atoms with van der Waals surface area (Å²) in [5, 5.41) is 0. The van der Waals surface area contributed by atoms with Gasteiger partial charge in [-0.1, -0.05) is 0 Å². The molecule has 78 valence electrons. The number of hydrogen-bond donors (Lipinski definition) is 1. The van der Waals surface area contributed by atoms with Crippen molar-refractivity contribution in [2.75, 3.05) is 6.54 Å². The van der Waals surface area contributed by atoms with Crippen LogP contribution in [-0.2, 0) is 16.5 Å². The van der Waals surface area contributed by atoms with Crippen LogP contribution in [-0.4, -0.2) is 45.1 Å². The number of rotatable bonds is 3. The Bertz CT molecular complexity index is 137. The van der Waals surface area contributed by atoms with Gasteiger partial charge in [0.1, 0.15) is 0 Å². The van der Waals surface area contributed by atoms with Gasteiger partial charge in [-0.3, -0.25) is 0 Å². The van der Waals surface area contributed by atoms with Crippen LogP contribution in [0.1, 0.15) is 6.42 Å². The summed E-state index contributed by atoms with van der Waals surface area (Å²) in [6, 6.07) is 0.970. The average Bonchev–Trinajstić information content (AvgIpc) is 2.09. The molecule has 1 aliphatic heterocycles. The predicted octanol–water partition coefficient (Wildman–Crippen LogP) is -2.52. The van der Waals surface area contributed by atoms with Gasteiger partial charge in [0.05, 0.1) is 0 Å². The fourth-order valence-electron chi connectivity index (χ4n) is 1.07. The number of hydrogen-bond acceptors (Lipinski definition) is 5. The van der Waals surface area contributed by atoms with Crippen LogP contribution in [0.15, 0.2) is 0 Å². The van der Waals surface area contributed by atoms with Crippen molar-refractivity contribution in [3.8, 4) is 0 Å². The normalized spacial score (nSPS) is 36.5. The summed E-state index contributed by atoms with van der Waals surface area (Å²) in [6.45, 7) is 2.79. The van der Waals surface area contributed by atoms with Crippen LogP contribution >= 0.6 is 0 Å². The smallest absolute Gasteiger partial charge is 0.316 e. The van der Waals surface area contributed by atoms with Crippen LogP contribution in [0.2, 0.25) is 12.6 Å². The molecule has 1 heterocycles. The van der Waals surface area contributed by atoms with Crippen molar-refractivity contribution in [1.82, 2.24) is 0 Å². The zero-order chi connectivity index (χ0) is 9.57. The van der Waals surface area contributed by atoms with Crippen molar-refractivity contribution in [2.45, 2.75) is 19.0 Å². The molecule has 5 nitrogen and oxygen atoms in total. The first-order valence-electron chi connectivity index (χ1n) is 4.40. The van der Waals surface area contributed by atoms with Gasteiger partial charge in [-0.25, -0.2) is 0 Å². The van der Waals surface area contributed by atoms with E-state index in [1.807, 2.05) is 0 Å². The first kappa shape index (κ1) is 11.7. The first-order valence-corrected chi connectivity index (χ1v) is 10.4. The van der Waals surface area contributed by atoms with Gasteiger partial charge in [0.15, 0.2) is 0 Å². The van der Waals surface area contributed by atoms with Crippen molar-refractivity contribution >= 4 is 38.6 Å². The number of nitrogens with two attached hydrogens (primary N) is 1. The second-order valence-corrected chi connectivity index (χ2v) is 12.1. The molecule has 0 radical (unpaired) electrons. The Morgan fingerprint density at radius 2 is 1.77 bits per heavy atom. The molecule has 0 amide bonds. The summed E-state index contributed by atoms with van der Waals surface area (Å²) in [7, 11) is -4.32. The van der Waals surface area contributed by atoms with E-state index in [1.165, 1.54) is 0 Å². The Morgan fingerprint density at radius 3 is 2.31 bits per heavy atom. The molecule has 13 heavy (non-hydrogen) atoms. The Morgan fingerprint density at radius 1 is 1.15 bits per heavy atom. The van der Waals surface area contributed by atoms with Gasteiger partial charge in [-0.15, -0.1) is 0 Å². The van der Waals surface area contributed by atoms with Crippen molar-refractivity contribution in [3.05, 3.63) is 0 Å². The molecule has 1 fully saturated rings. The molecule has 1 saturated heterocycles. The molecule has 0 aliphatic carbocycles. The van der Waals surface area contributed by atoms with Crippen LogP contribution in [0.4, 0.5) is 0 Å². The third kappa shape index (κ3) is 4.62. The second kappa shape index (κ2) is 6.21. The van der Waals surface area contributed by atoms with E-state index in [0.29, 0.717) is 6.54 Å². The van der Waals surface area contributed by atoms with E-state index in [-0.39, 0.29) is 0 Å². The highest BCUT2D eigenvalue weighted by molar-refractivity contribution is 6.74. The molecule has 1 aliphatic rings.